The molecule has 0 saturated carbocycles. The highest BCUT2D eigenvalue weighted by atomic mass is 127. The normalized spacial score (nSPS) is 21.0. The van der Waals surface area contributed by atoms with E-state index in [4.69, 9.17) is 4.98 Å². The maximum Gasteiger partial charge on any atom is 0.213 e. The Morgan fingerprint density at radius 1 is 1.24 bits per heavy atom. The van der Waals surface area contributed by atoms with Crippen molar-refractivity contribution in [3.05, 3.63) is 51.5 Å². The van der Waals surface area contributed by atoms with Crippen LogP contribution in [0.1, 0.15) is 50.8 Å². The van der Waals surface area contributed by atoms with E-state index in [-0.39, 0.29) is 16.2 Å². The summed E-state index contributed by atoms with van der Waals surface area (Å²) >= 11 is 1.09. The third-order valence-electron chi connectivity index (χ3n) is 7.34. The molecule has 3 aromatic heterocycles. The van der Waals surface area contributed by atoms with Crippen LogP contribution in [0.4, 0.5) is 5.95 Å². The van der Waals surface area contributed by atoms with Crippen LogP contribution in [-0.4, -0.2) is 47.0 Å². The van der Waals surface area contributed by atoms with Gasteiger partial charge in [0.05, 0.1) is 11.4 Å². The summed E-state index contributed by atoms with van der Waals surface area (Å²) in [5.74, 6) is 0.896. The molecule has 4 heterocycles. The van der Waals surface area contributed by atoms with Crippen LogP contribution in [-0.2, 0) is 17.8 Å². The second-order valence-corrected chi connectivity index (χ2v) is 13.4. The van der Waals surface area contributed by atoms with Crippen LogP contribution in [0.2, 0.25) is 0 Å². The molecule has 0 bridgehead atoms. The Morgan fingerprint density at radius 3 is 2.76 bits per heavy atom. The molecular formula is C24H28IN7OS. The van der Waals surface area contributed by atoms with Crippen molar-refractivity contribution < 1.29 is 4.55 Å². The quantitative estimate of drug-likeness (QED) is 0.276. The van der Waals surface area contributed by atoms with Gasteiger partial charge in [-0.05, 0) is 73.8 Å². The first-order chi connectivity index (χ1) is 16.3. The van der Waals surface area contributed by atoms with Gasteiger partial charge in [0.2, 0.25) is 5.95 Å². The Labute approximate surface area is 215 Å². The molecule has 178 valence electrons. The van der Waals surface area contributed by atoms with Crippen molar-refractivity contribution in [2.75, 3.05) is 18.0 Å². The number of imidazole rings is 1. The summed E-state index contributed by atoms with van der Waals surface area (Å²) in [5.41, 5.74) is 4.38. The van der Waals surface area contributed by atoms with Crippen LogP contribution in [0, 0.1) is 9.12 Å². The lowest BCUT2D eigenvalue weighted by atomic mass is 9.73. The van der Waals surface area contributed by atoms with Gasteiger partial charge in [-0.1, -0.05) is 24.3 Å². The molecule has 10 heteroatoms. The molecule has 1 aliphatic carbocycles. The average molecular weight is 590 g/mol. The van der Waals surface area contributed by atoms with Crippen LogP contribution in [0.25, 0.3) is 16.7 Å². The number of piperidine rings is 1. The number of H-pyrrole nitrogens is 1. The van der Waals surface area contributed by atoms with Crippen molar-refractivity contribution >= 4 is 56.6 Å². The van der Waals surface area contributed by atoms with Crippen LogP contribution in [0.15, 0.2) is 36.7 Å². The molecular weight excluding hydrogens is 561 g/mol. The van der Waals surface area contributed by atoms with Crippen LogP contribution >= 0.6 is 22.6 Å². The Kier molecular flexibility index (Phi) is 5.36. The predicted octanol–water partition coefficient (Wildman–Crippen LogP) is 4.15. The van der Waals surface area contributed by atoms with Gasteiger partial charge < -0.3 is 9.45 Å². The number of halogens is 1. The van der Waals surface area contributed by atoms with Gasteiger partial charge in [0.25, 0.3) is 0 Å². The van der Waals surface area contributed by atoms with E-state index in [0.717, 1.165) is 58.7 Å². The molecule has 0 radical (unpaired) electrons. The molecule has 2 N–H and O–H groups in total. The minimum Gasteiger partial charge on any atom is -0.598 e. The second kappa shape index (κ2) is 8.07. The summed E-state index contributed by atoms with van der Waals surface area (Å²) in [6.07, 6.45) is 6.81. The van der Waals surface area contributed by atoms with Gasteiger partial charge in [-0.15, -0.1) is 4.72 Å². The topological polar surface area (TPSA) is 97.2 Å². The zero-order valence-corrected chi connectivity index (χ0v) is 22.5. The lowest BCUT2D eigenvalue weighted by Crippen LogP contribution is -2.50. The molecule has 0 amide bonds. The zero-order chi connectivity index (χ0) is 23.7. The minimum absolute atomic E-state index is 0.0443. The lowest BCUT2D eigenvalue weighted by Gasteiger charge is -2.44. The number of hydrogen-bond acceptors (Lipinski definition) is 6. The van der Waals surface area contributed by atoms with Crippen LogP contribution < -0.4 is 9.62 Å². The smallest absolute Gasteiger partial charge is 0.213 e. The molecule has 0 unspecified atom stereocenters. The summed E-state index contributed by atoms with van der Waals surface area (Å²) in [4.78, 5) is 11.9. The van der Waals surface area contributed by atoms with E-state index >= 15 is 0 Å². The number of aromatic amines is 1. The molecule has 1 aromatic carbocycles. The largest absolute Gasteiger partial charge is 0.598 e. The Hall–Kier alpha value is -1.89. The molecule has 34 heavy (non-hydrogen) atoms. The molecule has 8 nitrogen and oxygen atoms in total. The van der Waals surface area contributed by atoms with Gasteiger partial charge in [-0.3, -0.25) is 9.50 Å². The van der Waals surface area contributed by atoms with E-state index in [1.807, 2.05) is 33.2 Å². The number of aromatic nitrogens is 5. The van der Waals surface area contributed by atoms with E-state index in [2.05, 4.69) is 76.1 Å². The monoisotopic (exact) mass is 589 g/mol. The highest BCUT2D eigenvalue weighted by Crippen LogP contribution is 2.52. The fourth-order valence-electron chi connectivity index (χ4n) is 5.50. The summed E-state index contributed by atoms with van der Waals surface area (Å²) in [7, 11) is 0. The van der Waals surface area contributed by atoms with Gasteiger partial charge in [0.1, 0.15) is 8.45 Å². The lowest BCUT2D eigenvalue weighted by molar-refractivity contribution is 0.175. The van der Waals surface area contributed by atoms with Crippen molar-refractivity contribution in [3.8, 4) is 0 Å². The first-order valence-corrected chi connectivity index (χ1v) is 13.9. The van der Waals surface area contributed by atoms with Gasteiger partial charge in [-0.2, -0.15) is 10.1 Å². The van der Waals surface area contributed by atoms with Crippen molar-refractivity contribution in [2.24, 2.45) is 5.41 Å². The minimum atomic E-state index is -1.13. The summed E-state index contributed by atoms with van der Waals surface area (Å²) in [6.45, 7) is 7.85. The number of nitrogens with zero attached hydrogens (tertiary/aromatic N) is 5. The maximum absolute atomic E-state index is 13.1. The number of hydrogen-bond donors (Lipinski definition) is 2. The first kappa shape index (κ1) is 22.6. The second-order valence-electron chi connectivity index (χ2n) is 10.4. The Balaban J connectivity index is 1.32. The Bertz CT molecular complexity index is 1370. The van der Waals surface area contributed by atoms with Gasteiger partial charge in [-0.25, -0.2) is 4.98 Å². The van der Waals surface area contributed by atoms with E-state index in [1.165, 1.54) is 11.1 Å². The van der Waals surface area contributed by atoms with Crippen molar-refractivity contribution in [2.45, 2.75) is 50.8 Å². The fourth-order valence-corrected chi connectivity index (χ4v) is 7.06. The molecule has 1 aliphatic heterocycles. The Morgan fingerprint density at radius 2 is 2.00 bits per heavy atom. The van der Waals surface area contributed by atoms with E-state index in [9.17, 15) is 4.55 Å². The van der Waals surface area contributed by atoms with E-state index in [1.54, 1.807) is 0 Å². The summed E-state index contributed by atoms with van der Waals surface area (Å²) < 4.78 is 19.3. The molecule has 2 atom stereocenters. The van der Waals surface area contributed by atoms with Gasteiger partial charge in [0.15, 0.2) is 11.3 Å². The maximum atomic E-state index is 13.1. The molecule has 1 fully saturated rings. The third kappa shape index (κ3) is 3.52. The molecule has 2 aliphatic rings. The van der Waals surface area contributed by atoms with E-state index in [0.29, 0.717) is 0 Å². The molecule has 1 spiro atoms. The van der Waals surface area contributed by atoms with Crippen LogP contribution in [0.3, 0.4) is 0 Å². The van der Waals surface area contributed by atoms with Crippen molar-refractivity contribution in [1.82, 2.24) is 29.3 Å². The van der Waals surface area contributed by atoms with E-state index < -0.39 is 11.4 Å². The van der Waals surface area contributed by atoms with Gasteiger partial charge >= 0.3 is 0 Å². The van der Waals surface area contributed by atoms with Crippen molar-refractivity contribution in [1.29, 1.82) is 0 Å². The van der Waals surface area contributed by atoms with Gasteiger partial charge in [0, 0.05) is 42.3 Å². The summed E-state index contributed by atoms with van der Waals surface area (Å²) in [6, 6.07) is 8.74. The highest BCUT2D eigenvalue weighted by Gasteiger charge is 2.50. The molecule has 6 rings (SSSR count). The molecule has 1 saturated heterocycles. The SMILES string of the molecule is CC(C)(C)[S@@+]([O-])N[C@@H]1c2ccccc2CC12CCN(c1nc3[nH]nc(I)c3c3nccn13)CC2. The number of rotatable bonds is 3. The number of fused-ring (bicyclic) bond motifs is 4. The predicted molar refractivity (Wildman–Crippen MR) is 143 cm³/mol. The third-order valence-corrected chi connectivity index (χ3v) is 9.68. The summed E-state index contributed by atoms with van der Waals surface area (Å²) in [5, 5.41) is 8.36. The average Bonchev–Trinajstić information content (AvgIpc) is 3.50. The number of benzene rings is 1. The molecule has 4 aromatic rings. The van der Waals surface area contributed by atoms with Crippen molar-refractivity contribution in [3.63, 3.8) is 0 Å². The van der Waals surface area contributed by atoms with Crippen LogP contribution in [0.5, 0.6) is 0 Å². The zero-order valence-electron chi connectivity index (χ0n) is 19.5. The fraction of sp³-hybridized carbons (Fsp3) is 0.458. The number of anilines is 1. The highest BCUT2D eigenvalue weighted by molar-refractivity contribution is 14.1. The number of nitrogens with one attached hydrogen (secondary N) is 2. The first-order valence-electron chi connectivity index (χ1n) is 11.6. The standard InChI is InChI=1S/C24H28IN7OS/c1-23(2,3)34(33)30-18-16-7-5-4-6-15(16)14-24(18)8-11-31(12-9-24)22-27-20-17(19(25)28-29-20)21-26-10-13-32(21)22/h4-7,10,13,18,30H,8-9,11-12,14H2,1-3H3,(H,28,29)/t18-,34-/m1/s1.